The number of rotatable bonds is 6. The van der Waals surface area contributed by atoms with Gasteiger partial charge in [-0.15, -0.1) is 0 Å². The van der Waals surface area contributed by atoms with E-state index < -0.39 is 6.10 Å². The van der Waals surface area contributed by atoms with Gasteiger partial charge in [-0.05, 0) is 61.0 Å². The van der Waals surface area contributed by atoms with Crippen molar-refractivity contribution in [2.24, 2.45) is 5.10 Å². The molecule has 2 aromatic carbocycles. The number of benzene rings is 2. The van der Waals surface area contributed by atoms with Crippen LogP contribution in [0.3, 0.4) is 0 Å². The van der Waals surface area contributed by atoms with Crippen LogP contribution in [0.4, 0.5) is 0 Å². The molecule has 0 aromatic heterocycles. The van der Waals surface area contributed by atoms with Gasteiger partial charge in [-0.25, -0.2) is 5.43 Å². The molecule has 0 aliphatic rings. The van der Waals surface area contributed by atoms with Crippen LogP contribution in [0.2, 0.25) is 0 Å². The van der Waals surface area contributed by atoms with Crippen molar-refractivity contribution in [1.82, 2.24) is 5.43 Å². The van der Waals surface area contributed by atoms with Crippen molar-refractivity contribution in [3.8, 4) is 11.5 Å². The normalized spacial score (nSPS) is 12.0. The standard InChI is InChI=1S/C17H17BrN2O3/c1-12(23-16-9-5-14(18)6-10-16)17(21)20-19-11-13-3-7-15(22-2)8-4-13/h3-12H,1-2H3,(H,20,21). The van der Waals surface area contributed by atoms with E-state index in [0.717, 1.165) is 15.8 Å². The van der Waals surface area contributed by atoms with Gasteiger partial charge in [0, 0.05) is 4.47 Å². The molecule has 0 saturated heterocycles. The summed E-state index contributed by atoms with van der Waals surface area (Å²) in [5, 5.41) is 3.92. The Hall–Kier alpha value is -2.34. The first-order valence-corrected chi connectivity index (χ1v) is 7.77. The summed E-state index contributed by atoms with van der Waals surface area (Å²) in [5.41, 5.74) is 3.31. The molecule has 1 amide bonds. The van der Waals surface area contributed by atoms with Crippen molar-refractivity contribution in [3.05, 3.63) is 58.6 Å². The van der Waals surface area contributed by atoms with E-state index >= 15 is 0 Å². The summed E-state index contributed by atoms with van der Waals surface area (Å²) < 4.78 is 11.6. The highest BCUT2D eigenvalue weighted by Crippen LogP contribution is 2.17. The van der Waals surface area contributed by atoms with Gasteiger partial charge in [-0.3, -0.25) is 4.79 Å². The Balaban J connectivity index is 1.85. The summed E-state index contributed by atoms with van der Waals surface area (Å²) in [6, 6.07) is 14.6. The number of ether oxygens (including phenoxy) is 2. The highest BCUT2D eigenvalue weighted by molar-refractivity contribution is 9.10. The first-order chi connectivity index (χ1) is 11.1. The van der Waals surface area contributed by atoms with E-state index in [9.17, 15) is 4.79 Å². The van der Waals surface area contributed by atoms with Gasteiger partial charge in [-0.1, -0.05) is 15.9 Å². The molecule has 2 aromatic rings. The lowest BCUT2D eigenvalue weighted by Crippen LogP contribution is -2.33. The Labute approximate surface area is 143 Å². The maximum atomic E-state index is 11.9. The Kier molecular flexibility index (Phi) is 6.17. The molecule has 0 saturated carbocycles. The van der Waals surface area contributed by atoms with Gasteiger partial charge in [0.1, 0.15) is 11.5 Å². The molecule has 120 valence electrons. The van der Waals surface area contributed by atoms with Crippen molar-refractivity contribution in [1.29, 1.82) is 0 Å². The lowest BCUT2D eigenvalue weighted by Gasteiger charge is -2.12. The van der Waals surface area contributed by atoms with E-state index in [2.05, 4.69) is 26.5 Å². The monoisotopic (exact) mass is 376 g/mol. The second kappa shape index (κ2) is 8.33. The molecule has 0 spiro atoms. The Morgan fingerprint density at radius 1 is 1.13 bits per heavy atom. The first kappa shape index (κ1) is 17.0. The maximum Gasteiger partial charge on any atom is 0.280 e. The van der Waals surface area contributed by atoms with Crippen LogP contribution < -0.4 is 14.9 Å². The number of halogens is 1. The first-order valence-electron chi connectivity index (χ1n) is 6.97. The number of nitrogens with one attached hydrogen (secondary N) is 1. The van der Waals surface area contributed by atoms with Gasteiger partial charge in [-0.2, -0.15) is 5.10 Å². The molecule has 0 bridgehead atoms. The van der Waals surface area contributed by atoms with Crippen molar-refractivity contribution < 1.29 is 14.3 Å². The molecule has 0 radical (unpaired) electrons. The van der Waals surface area contributed by atoms with Crippen molar-refractivity contribution in [2.45, 2.75) is 13.0 Å². The number of amides is 1. The summed E-state index contributed by atoms with van der Waals surface area (Å²) in [4.78, 5) is 11.9. The third-order valence-electron chi connectivity index (χ3n) is 3.00. The van der Waals surface area contributed by atoms with Gasteiger partial charge in [0.25, 0.3) is 5.91 Å². The topological polar surface area (TPSA) is 59.9 Å². The van der Waals surface area contributed by atoms with Gasteiger partial charge in [0.2, 0.25) is 0 Å². The number of hydrogen-bond acceptors (Lipinski definition) is 4. The largest absolute Gasteiger partial charge is 0.497 e. The maximum absolute atomic E-state index is 11.9. The number of hydrogen-bond donors (Lipinski definition) is 1. The minimum atomic E-state index is -0.649. The summed E-state index contributed by atoms with van der Waals surface area (Å²) in [7, 11) is 1.61. The predicted molar refractivity (Wildman–Crippen MR) is 93.0 cm³/mol. The summed E-state index contributed by atoms with van der Waals surface area (Å²) in [6.07, 6.45) is 0.910. The van der Waals surface area contributed by atoms with E-state index in [1.54, 1.807) is 32.4 Å². The van der Waals surface area contributed by atoms with E-state index in [0.29, 0.717) is 5.75 Å². The quantitative estimate of drug-likeness (QED) is 0.620. The lowest BCUT2D eigenvalue weighted by atomic mass is 10.2. The van der Waals surface area contributed by atoms with E-state index in [-0.39, 0.29) is 5.91 Å². The molecule has 1 atom stereocenters. The second-order valence-corrected chi connectivity index (χ2v) is 5.64. The third kappa shape index (κ3) is 5.41. The van der Waals surface area contributed by atoms with Crippen LogP contribution in [0.5, 0.6) is 11.5 Å². The molecule has 5 nitrogen and oxygen atoms in total. The minimum Gasteiger partial charge on any atom is -0.497 e. The average molecular weight is 377 g/mol. The highest BCUT2D eigenvalue weighted by Gasteiger charge is 2.13. The Bertz CT molecular complexity index is 669. The number of carbonyl (C=O) groups excluding carboxylic acids is 1. The molecular formula is C17H17BrN2O3. The van der Waals surface area contributed by atoms with Crippen molar-refractivity contribution in [2.75, 3.05) is 7.11 Å². The minimum absolute atomic E-state index is 0.322. The Morgan fingerprint density at radius 3 is 2.35 bits per heavy atom. The zero-order valence-corrected chi connectivity index (χ0v) is 14.4. The molecule has 23 heavy (non-hydrogen) atoms. The van der Waals surface area contributed by atoms with Crippen molar-refractivity contribution in [3.63, 3.8) is 0 Å². The summed E-state index contributed by atoms with van der Waals surface area (Å²) in [5.74, 6) is 1.07. The fourth-order valence-electron chi connectivity index (χ4n) is 1.72. The van der Waals surface area contributed by atoms with Gasteiger partial charge in [0.05, 0.1) is 13.3 Å². The van der Waals surface area contributed by atoms with Crippen LogP contribution in [0.1, 0.15) is 12.5 Å². The molecule has 1 N–H and O–H groups in total. The molecule has 6 heteroatoms. The second-order valence-electron chi connectivity index (χ2n) is 4.72. The number of hydrazone groups is 1. The summed E-state index contributed by atoms with van der Waals surface area (Å²) >= 11 is 3.34. The third-order valence-corrected chi connectivity index (χ3v) is 3.53. The van der Waals surface area contributed by atoms with Gasteiger partial charge >= 0.3 is 0 Å². The number of methoxy groups -OCH3 is 1. The van der Waals surface area contributed by atoms with Crippen LogP contribution in [-0.4, -0.2) is 25.3 Å². The summed E-state index contributed by atoms with van der Waals surface area (Å²) in [6.45, 7) is 1.67. The van der Waals surface area contributed by atoms with Gasteiger partial charge in [0.15, 0.2) is 6.10 Å². The number of carbonyl (C=O) groups is 1. The molecule has 0 aliphatic heterocycles. The van der Waals surface area contributed by atoms with Crippen LogP contribution in [-0.2, 0) is 4.79 Å². The lowest BCUT2D eigenvalue weighted by molar-refractivity contribution is -0.127. The number of nitrogens with zero attached hydrogens (tertiary/aromatic N) is 1. The smallest absolute Gasteiger partial charge is 0.280 e. The van der Waals surface area contributed by atoms with Crippen LogP contribution in [0.25, 0.3) is 0 Å². The molecule has 0 fully saturated rings. The fraction of sp³-hybridized carbons (Fsp3) is 0.176. The Morgan fingerprint density at radius 2 is 1.74 bits per heavy atom. The zero-order valence-electron chi connectivity index (χ0n) is 12.8. The van der Waals surface area contributed by atoms with Gasteiger partial charge < -0.3 is 9.47 Å². The molecule has 0 heterocycles. The molecule has 1 unspecified atom stereocenters. The van der Waals surface area contributed by atoms with Crippen LogP contribution in [0.15, 0.2) is 58.1 Å². The predicted octanol–water partition coefficient (Wildman–Crippen LogP) is 3.38. The van der Waals surface area contributed by atoms with E-state index in [1.807, 2.05) is 36.4 Å². The molecule has 0 aliphatic carbocycles. The SMILES string of the molecule is COc1ccc(C=NNC(=O)C(C)Oc2ccc(Br)cc2)cc1. The molecular weight excluding hydrogens is 360 g/mol. The fourth-order valence-corrected chi connectivity index (χ4v) is 1.99. The van der Waals surface area contributed by atoms with Crippen molar-refractivity contribution >= 4 is 28.1 Å². The average Bonchev–Trinajstić information content (AvgIpc) is 2.57. The molecule has 2 rings (SSSR count). The highest BCUT2D eigenvalue weighted by atomic mass is 79.9. The van der Waals surface area contributed by atoms with Crippen LogP contribution in [0, 0.1) is 0 Å². The van der Waals surface area contributed by atoms with E-state index in [4.69, 9.17) is 9.47 Å². The van der Waals surface area contributed by atoms with Crippen LogP contribution >= 0.6 is 15.9 Å². The van der Waals surface area contributed by atoms with E-state index in [1.165, 1.54) is 0 Å². The zero-order chi connectivity index (χ0) is 16.7.